The first-order valence-corrected chi connectivity index (χ1v) is 9.08. The van der Waals surface area contributed by atoms with E-state index < -0.39 is 5.91 Å². The van der Waals surface area contributed by atoms with Gasteiger partial charge in [0.25, 0.3) is 5.91 Å². The zero-order valence-corrected chi connectivity index (χ0v) is 14.2. The van der Waals surface area contributed by atoms with Gasteiger partial charge in [0.05, 0.1) is 5.41 Å². The molecule has 4 bridgehead atoms. The van der Waals surface area contributed by atoms with Crippen LogP contribution < -0.4 is 10.8 Å². The van der Waals surface area contributed by atoms with Crippen LogP contribution in [0, 0.1) is 23.2 Å². The quantitative estimate of drug-likeness (QED) is 0.438. The first-order chi connectivity index (χ1) is 12.1. The summed E-state index contributed by atoms with van der Waals surface area (Å²) in [6, 6.07) is 7.69. The highest BCUT2D eigenvalue weighted by molar-refractivity contribution is 5.90. The average molecular weight is 340 g/mol. The lowest BCUT2D eigenvalue weighted by atomic mass is 9.75. The van der Waals surface area contributed by atoms with Crippen LogP contribution in [0.4, 0.5) is 0 Å². The predicted molar refractivity (Wildman–Crippen MR) is 93.2 cm³/mol. The van der Waals surface area contributed by atoms with Crippen molar-refractivity contribution in [1.29, 1.82) is 0 Å². The monoisotopic (exact) mass is 340 g/mol. The van der Waals surface area contributed by atoms with Crippen LogP contribution in [0.25, 0.3) is 6.08 Å². The van der Waals surface area contributed by atoms with E-state index in [0.717, 1.165) is 35.8 Å². The zero-order chi connectivity index (χ0) is 17.4. The van der Waals surface area contributed by atoms with E-state index in [4.69, 9.17) is 5.21 Å². The Bertz CT molecular complexity index is 696. The van der Waals surface area contributed by atoms with Crippen LogP contribution in [0.2, 0.25) is 0 Å². The van der Waals surface area contributed by atoms with Crippen LogP contribution in [-0.4, -0.2) is 17.0 Å². The zero-order valence-electron chi connectivity index (χ0n) is 14.2. The van der Waals surface area contributed by atoms with Gasteiger partial charge in [0.1, 0.15) is 0 Å². The Morgan fingerprint density at radius 1 is 1.12 bits per heavy atom. The number of benzene rings is 1. The summed E-state index contributed by atoms with van der Waals surface area (Å²) < 4.78 is 0. The number of rotatable bonds is 5. The molecular weight excluding hydrogens is 316 g/mol. The molecule has 0 saturated heterocycles. The molecule has 0 aliphatic heterocycles. The fourth-order valence-corrected chi connectivity index (χ4v) is 5.48. The van der Waals surface area contributed by atoms with Crippen molar-refractivity contribution in [3.63, 3.8) is 0 Å². The molecule has 4 aliphatic rings. The maximum Gasteiger partial charge on any atom is 0.267 e. The highest BCUT2D eigenvalue weighted by Gasteiger charge is 2.61. The molecule has 5 rings (SSSR count). The van der Waals surface area contributed by atoms with Gasteiger partial charge in [-0.15, -0.1) is 0 Å². The Kier molecular flexibility index (Phi) is 4.12. The second-order valence-electron chi connectivity index (χ2n) is 7.93. The van der Waals surface area contributed by atoms with Crippen LogP contribution in [-0.2, 0) is 16.1 Å². The van der Waals surface area contributed by atoms with Gasteiger partial charge in [-0.3, -0.25) is 14.8 Å². The van der Waals surface area contributed by atoms with Crippen molar-refractivity contribution in [1.82, 2.24) is 10.8 Å². The molecule has 1 aromatic carbocycles. The molecule has 2 unspecified atom stereocenters. The van der Waals surface area contributed by atoms with E-state index in [-0.39, 0.29) is 11.3 Å². The van der Waals surface area contributed by atoms with Crippen molar-refractivity contribution in [3.05, 3.63) is 41.5 Å². The van der Waals surface area contributed by atoms with Gasteiger partial charge in [-0.25, -0.2) is 5.48 Å². The molecule has 4 aliphatic carbocycles. The summed E-state index contributed by atoms with van der Waals surface area (Å²) in [7, 11) is 0. The minimum Gasteiger partial charge on any atom is -0.352 e. The number of carbonyl (C=O) groups is 2. The van der Waals surface area contributed by atoms with Crippen molar-refractivity contribution in [2.75, 3.05) is 0 Å². The standard InChI is InChI=1S/C20H24N2O3/c23-18(22-25)6-5-13-1-3-14(4-2-13)12-21-19(24)20-10-15-7-16(11-20)9-17(20)8-15/h1-6,15-17,25H,7-12H2,(H,21,24)(H,22,23)/b6-5+/t15-,16+,17?,20?. The van der Waals surface area contributed by atoms with Gasteiger partial charge in [-0.05, 0) is 67.1 Å². The second-order valence-corrected chi connectivity index (χ2v) is 7.93. The number of nitrogens with one attached hydrogen (secondary N) is 2. The van der Waals surface area contributed by atoms with Crippen molar-refractivity contribution < 1.29 is 14.8 Å². The Hall–Kier alpha value is -2.14. The van der Waals surface area contributed by atoms with E-state index in [9.17, 15) is 9.59 Å². The summed E-state index contributed by atoms with van der Waals surface area (Å²) >= 11 is 0. The minimum atomic E-state index is -0.559. The third-order valence-corrected chi connectivity index (χ3v) is 6.41. The lowest BCUT2D eigenvalue weighted by Crippen LogP contribution is -2.41. The molecule has 5 nitrogen and oxygen atoms in total. The molecule has 5 heteroatoms. The SMILES string of the molecule is O=C(/C=C/c1ccc(CNC(=O)C23C[C@@H]4CC2C[C@@H](C4)C3)cc1)NO. The van der Waals surface area contributed by atoms with Crippen molar-refractivity contribution in [3.8, 4) is 0 Å². The molecule has 0 heterocycles. The van der Waals surface area contributed by atoms with Gasteiger partial charge in [0.15, 0.2) is 0 Å². The molecule has 132 valence electrons. The van der Waals surface area contributed by atoms with Gasteiger partial charge in [0.2, 0.25) is 5.91 Å². The molecule has 3 N–H and O–H groups in total. The van der Waals surface area contributed by atoms with Crippen molar-refractivity contribution in [2.24, 2.45) is 23.2 Å². The second kappa shape index (κ2) is 6.30. The van der Waals surface area contributed by atoms with E-state index in [1.807, 2.05) is 24.3 Å². The largest absolute Gasteiger partial charge is 0.352 e. The number of hydrogen-bond acceptors (Lipinski definition) is 3. The van der Waals surface area contributed by atoms with Gasteiger partial charge in [-0.2, -0.15) is 0 Å². The molecule has 0 aromatic heterocycles. The van der Waals surface area contributed by atoms with Crippen LogP contribution in [0.15, 0.2) is 30.3 Å². The molecule has 0 spiro atoms. The highest BCUT2D eigenvalue weighted by Crippen LogP contribution is 2.65. The van der Waals surface area contributed by atoms with E-state index in [1.165, 1.54) is 25.3 Å². The Morgan fingerprint density at radius 3 is 2.44 bits per heavy atom. The highest BCUT2D eigenvalue weighted by atomic mass is 16.5. The van der Waals surface area contributed by atoms with Gasteiger partial charge < -0.3 is 5.32 Å². The summed E-state index contributed by atoms with van der Waals surface area (Å²) in [5.74, 6) is 1.87. The summed E-state index contributed by atoms with van der Waals surface area (Å²) in [5.41, 5.74) is 3.39. The molecular formula is C20H24N2O3. The van der Waals surface area contributed by atoms with Crippen molar-refractivity contribution >= 4 is 17.9 Å². The first kappa shape index (κ1) is 16.3. The molecule has 1 aromatic rings. The lowest BCUT2D eigenvalue weighted by molar-refractivity contribution is -0.133. The Labute approximate surface area is 147 Å². The van der Waals surface area contributed by atoms with E-state index >= 15 is 0 Å². The van der Waals surface area contributed by atoms with Gasteiger partial charge in [-0.1, -0.05) is 24.3 Å². The summed E-state index contributed by atoms with van der Waals surface area (Å²) in [5, 5.41) is 11.6. The molecule has 2 amide bonds. The van der Waals surface area contributed by atoms with Crippen LogP contribution >= 0.6 is 0 Å². The molecule has 25 heavy (non-hydrogen) atoms. The first-order valence-electron chi connectivity index (χ1n) is 9.08. The minimum absolute atomic E-state index is 0.0755. The number of hydroxylamine groups is 1. The average Bonchev–Trinajstić information content (AvgIpc) is 3.03. The topological polar surface area (TPSA) is 78.4 Å². The molecule has 4 fully saturated rings. The van der Waals surface area contributed by atoms with Gasteiger partial charge >= 0.3 is 0 Å². The Balaban J connectivity index is 1.35. The third-order valence-electron chi connectivity index (χ3n) is 6.41. The normalized spacial score (nSPS) is 32.3. The van der Waals surface area contributed by atoms with Crippen LogP contribution in [0.1, 0.15) is 43.2 Å². The number of hydrogen-bond donors (Lipinski definition) is 3. The lowest BCUT2D eigenvalue weighted by Gasteiger charge is -2.31. The fraction of sp³-hybridized carbons (Fsp3) is 0.500. The summed E-state index contributed by atoms with van der Waals surface area (Å²) in [6.07, 6.45) is 8.93. The maximum absolute atomic E-state index is 12.9. The van der Waals surface area contributed by atoms with E-state index in [2.05, 4.69) is 5.32 Å². The summed E-state index contributed by atoms with van der Waals surface area (Å²) in [6.45, 7) is 0.545. The van der Waals surface area contributed by atoms with Crippen LogP contribution in [0.5, 0.6) is 0 Å². The third kappa shape index (κ3) is 2.97. The molecule has 4 atom stereocenters. The van der Waals surface area contributed by atoms with Crippen molar-refractivity contribution in [2.45, 2.75) is 38.6 Å². The van der Waals surface area contributed by atoms with E-state index in [1.54, 1.807) is 11.6 Å². The smallest absolute Gasteiger partial charge is 0.267 e. The Morgan fingerprint density at radius 2 is 1.80 bits per heavy atom. The van der Waals surface area contributed by atoms with Crippen LogP contribution in [0.3, 0.4) is 0 Å². The fourth-order valence-electron chi connectivity index (χ4n) is 5.48. The van der Waals surface area contributed by atoms with E-state index in [0.29, 0.717) is 12.5 Å². The summed E-state index contributed by atoms with van der Waals surface area (Å²) in [4.78, 5) is 23.9. The number of amides is 2. The molecule has 4 saturated carbocycles. The predicted octanol–water partition coefficient (Wildman–Crippen LogP) is 2.65. The molecule has 0 radical (unpaired) electrons. The van der Waals surface area contributed by atoms with Gasteiger partial charge in [0, 0.05) is 12.6 Å². The maximum atomic E-state index is 12.9. The number of carbonyl (C=O) groups excluding carboxylic acids is 2.